The Hall–Kier alpha value is -2.19. The molecule has 0 bridgehead atoms. The second kappa shape index (κ2) is 6.71. The molecule has 0 aliphatic rings. The van der Waals surface area contributed by atoms with Crippen LogP contribution in [0.2, 0.25) is 0 Å². The summed E-state index contributed by atoms with van der Waals surface area (Å²) >= 11 is 0. The minimum absolute atomic E-state index is 0.0164. The molecule has 7 nitrogen and oxygen atoms in total. The summed E-state index contributed by atoms with van der Waals surface area (Å²) < 4.78 is 33.5. The van der Waals surface area contributed by atoms with Crippen molar-refractivity contribution in [2.45, 2.75) is 24.4 Å². The molecule has 0 unspecified atom stereocenters. The average Bonchev–Trinajstić information content (AvgIpc) is 2.98. The van der Waals surface area contributed by atoms with Gasteiger partial charge in [-0.1, -0.05) is 6.07 Å². The zero-order valence-corrected chi connectivity index (χ0v) is 13.1. The summed E-state index contributed by atoms with van der Waals surface area (Å²) in [6, 6.07) is 7.12. The number of aromatic nitrogens is 2. The quantitative estimate of drug-likeness (QED) is 0.802. The zero-order valence-electron chi connectivity index (χ0n) is 12.3. The van der Waals surface area contributed by atoms with Crippen LogP contribution in [0.25, 0.3) is 0 Å². The topological polar surface area (TPSA) is 90.3 Å². The number of carbonyl (C=O) groups excluding carboxylic acids is 1. The highest BCUT2D eigenvalue weighted by molar-refractivity contribution is 7.89. The average molecular weight is 323 g/mol. The Balaban J connectivity index is 2.14. The van der Waals surface area contributed by atoms with E-state index in [0.29, 0.717) is 6.54 Å². The van der Waals surface area contributed by atoms with Crippen molar-refractivity contribution in [3.05, 3.63) is 48.3 Å². The minimum atomic E-state index is -3.73. The summed E-state index contributed by atoms with van der Waals surface area (Å²) in [7, 11) is -2.48. The molecule has 0 aliphatic carbocycles. The van der Waals surface area contributed by atoms with E-state index in [-0.39, 0.29) is 16.5 Å². The number of rotatable bonds is 6. The van der Waals surface area contributed by atoms with Gasteiger partial charge in [0.1, 0.15) is 0 Å². The van der Waals surface area contributed by atoms with Crippen molar-refractivity contribution in [2.24, 2.45) is 0 Å². The molecule has 1 heterocycles. The Morgan fingerprint density at radius 1 is 1.41 bits per heavy atom. The lowest BCUT2D eigenvalue weighted by Crippen LogP contribution is -2.35. The van der Waals surface area contributed by atoms with Crippen LogP contribution in [0, 0.1) is 0 Å². The van der Waals surface area contributed by atoms with Crippen LogP contribution in [-0.4, -0.2) is 37.3 Å². The first-order chi connectivity index (χ1) is 10.4. The molecule has 0 saturated carbocycles. The lowest BCUT2D eigenvalue weighted by molar-refractivity contribution is 0.0600. The second-order valence-electron chi connectivity index (χ2n) is 4.77. The summed E-state index contributed by atoms with van der Waals surface area (Å²) in [6.45, 7) is 2.15. The molecule has 22 heavy (non-hydrogen) atoms. The molecular weight excluding hydrogens is 306 g/mol. The van der Waals surface area contributed by atoms with Gasteiger partial charge in [0.2, 0.25) is 10.0 Å². The van der Waals surface area contributed by atoms with E-state index in [0.717, 1.165) is 0 Å². The van der Waals surface area contributed by atoms with Crippen molar-refractivity contribution in [3.8, 4) is 0 Å². The Morgan fingerprint density at radius 3 is 2.82 bits per heavy atom. The molecule has 118 valence electrons. The van der Waals surface area contributed by atoms with Crippen LogP contribution in [0.3, 0.4) is 0 Å². The van der Waals surface area contributed by atoms with Gasteiger partial charge in [0.25, 0.3) is 0 Å². The highest BCUT2D eigenvalue weighted by Crippen LogP contribution is 2.13. The van der Waals surface area contributed by atoms with E-state index >= 15 is 0 Å². The molecule has 1 N–H and O–H groups in total. The first kappa shape index (κ1) is 16.2. The largest absolute Gasteiger partial charge is 0.465 e. The molecule has 0 aliphatic heterocycles. The molecule has 2 rings (SSSR count). The third-order valence-electron chi connectivity index (χ3n) is 2.94. The Bertz CT molecular complexity index is 741. The number of benzene rings is 1. The van der Waals surface area contributed by atoms with E-state index in [2.05, 4.69) is 14.6 Å². The first-order valence-corrected chi connectivity index (χ1v) is 8.09. The summed E-state index contributed by atoms with van der Waals surface area (Å²) in [5.74, 6) is -0.582. The summed E-state index contributed by atoms with van der Waals surface area (Å²) in [6.07, 6.45) is 3.38. The maximum Gasteiger partial charge on any atom is 0.337 e. The van der Waals surface area contributed by atoms with Gasteiger partial charge in [-0.05, 0) is 31.2 Å². The fraction of sp³-hybridized carbons (Fsp3) is 0.286. The highest BCUT2D eigenvalue weighted by atomic mass is 32.2. The van der Waals surface area contributed by atoms with Crippen LogP contribution in [-0.2, 0) is 21.3 Å². The summed E-state index contributed by atoms with van der Waals surface area (Å²) in [4.78, 5) is 11.5. The van der Waals surface area contributed by atoms with Crippen molar-refractivity contribution in [3.63, 3.8) is 0 Å². The number of hydrogen-bond donors (Lipinski definition) is 1. The van der Waals surface area contributed by atoms with Crippen LogP contribution in [0.15, 0.2) is 47.6 Å². The molecule has 0 radical (unpaired) electrons. The fourth-order valence-corrected chi connectivity index (χ4v) is 3.25. The number of methoxy groups -OCH3 is 1. The summed E-state index contributed by atoms with van der Waals surface area (Å²) in [5, 5.41) is 4.03. The fourth-order valence-electron chi connectivity index (χ4n) is 1.97. The third-order valence-corrected chi connectivity index (χ3v) is 4.53. The molecule has 0 amide bonds. The normalized spacial score (nSPS) is 12.8. The van der Waals surface area contributed by atoms with Crippen molar-refractivity contribution < 1.29 is 17.9 Å². The Kier molecular flexibility index (Phi) is 4.94. The maximum atomic E-state index is 12.3. The van der Waals surface area contributed by atoms with E-state index in [1.165, 1.54) is 31.4 Å². The number of nitrogens with one attached hydrogen (secondary N) is 1. The van der Waals surface area contributed by atoms with E-state index in [4.69, 9.17) is 0 Å². The van der Waals surface area contributed by atoms with Gasteiger partial charge in [-0.25, -0.2) is 17.9 Å². The van der Waals surface area contributed by atoms with Crippen LogP contribution in [0.1, 0.15) is 17.3 Å². The van der Waals surface area contributed by atoms with Gasteiger partial charge < -0.3 is 4.74 Å². The lowest BCUT2D eigenvalue weighted by atomic mass is 10.2. The number of hydrogen-bond acceptors (Lipinski definition) is 5. The predicted octanol–water partition coefficient (Wildman–Crippen LogP) is 1.04. The zero-order chi connectivity index (χ0) is 16.2. The van der Waals surface area contributed by atoms with Gasteiger partial charge in [0.05, 0.1) is 24.1 Å². The second-order valence-corrected chi connectivity index (χ2v) is 6.48. The number of nitrogens with zero attached hydrogens (tertiary/aromatic N) is 2. The minimum Gasteiger partial charge on any atom is -0.465 e. The standard InChI is InChI=1S/C14H17N3O4S/c1-11(10-17-8-4-7-15-17)16-22(19,20)13-6-3-5-12(9-13)14(18)21-2/h3-9,11,16H,10H2,1-2H3/t11-/m0/s1. The molecule has 0 fully saturated rings. The van der Waals surface area contributed by atoms with Gasteiger partial charge in [0.15, 0.2) is 0 Å². The number of ether oxygens (including phenoxy) is 1. The smallest absolute Gasteiger partial charge is 0.337 e. The molecule has 2 aromatic rings. The van der Waals surface area contributed by atoms with Gasteiger partial charge in [-0.15, -0.1) is 0 Å². The van der Waals surface area contributed by atoms with E-state index < -0.39 is 16.0 Å². The Labute approximate surface area is 129 Å². The monoisotopic (exact) mass is 323 g/mol. The Morgan fingerprint density at radius 2 is 2.18 bits per heavy atom. The highest BCUT2D eigenvalue weighted by Gasteiger charge is 2.19. The number of carbonyl (C=O) groups is 1. The van der Waals surface area contributed by atoms with Crippen LogP contribution < -0.4 is 4.72 Å². The number of sulfonamides is 1. The van der Waals surface area contributed by atoms with Crippen molar-refractivity contribution >= 4 is 16.0 Å². The number of esters is 1. The molecule has 1 aromatic carbocycles. The van der Waals surface area contributed by atoms with Crippen LogP contribution >= 0.6 is 0 Å². The molecule has 1 aromatic heterocycles. The van der Waals surface area contributed by atoms with Gasteiger partial charge in [-0.3, -0.25) is 4.68 Å². The first-order valence-electron chi connectivity index (χ1n) is 6.60. The van der Waals surface area contributed by atoms with E-state index in [9.17, 15) is 13.2 Å². The molecule has 1 atom stereocenters. The van der Waals surface area contributed by atoms with E-state index in [1.54, 1.807) is 30.1 Å². The lowest BCUT2D eigenvalue weighted by Gasteiger charge is -2.14. The third kappa shape index (κ3) is 3.92. The predicted molar refractivity (Wildman–Crippen MR) is 79.8 cm³/mol. The maximum absolute atomic E-state index is 12.3. The van der Waals surface area contributed by atoms with Crippen LogP contribution in [0.4, 0.5) is 0 Å². The molecular formula is C14H17N3O4S. The van der Waals surface area contributed by atoms with Crippen molar-refractivity contribution in [1.29, 1.82) is 0 Å². The van der Waals surface area contributed by atoms with Gasteiger partial charge >= 0.3 is 5.97 Å². The van der Waals surface area contributed by atoms with Crippen molar-refractivity contribution in [1.82, 2.24) is 14.5 Å². The van der Waals surface area contributed by atoms with Gasteiger partial charge in [0, 0.05) is 18.4 Å². The summed E-state index contributed by atoms with van der Waals surface area (Å²) in [5.41, 5.74) is 0.185. The molecule has 8 heteroatoms. The van der Waals surface area contributed by atoms with Crippen LogP contribution in [0.5, 0.6) is 0 Å². The van der Waals surface area contributed by atoms with Gasteiger partial charge in [-0.2, -0.15) is 5.10 Å². The van der Waals surface area contributed by atoms with E-state index in [1.807, 2.05) is 0 Å². The van der Waals surface area contributed by atoms with Crippen molar-refractivity contribution in [2.75, 3.05) is 7.11 Å². The molecule has 0 saturated heterocycles. The molecule has 0 spiro atoms. The SMILES string of the molecule is COC(=O)c1cccc(S(=O)(=O)N[C@@H](C)Cn2cccn2)c1.